The molecule has 6 heteroatoms. The van der Waals surface area contributed by atoms with Crippen LogP contribution in [0.5, 0.6) is 0 Å². The Labute approximate surface area is 158 Å². The molecule has 0 radical (unpaired) electrons. The van der Waals surface area contributed by atoms with Crippen LogP contribution in [0.15, 0.2) is 35.0 Å². The molecule has 2 nitrogen and oxygen atoms in total. The van der Waals surface area contributed by atoms with Crippen molar-refractivity contribution in [2.24, 2.45) is 5.92 Å². The van der Waals surface area contributed by atoms with Crippen molar-refractivity contribution in [3.63, 3.8) is 0 Å². The van der Waals surface area contributed by atoms with E-state index in [4.69, 9.17) is 11.6 Å². The fourth-order valence-electron chi connectivity index (χ4n) is 2.85. The predicted molar refractivity (Wildman–Crippen MR) is 108 cm³/mol. The van der Waals surface area contributed by atoms with Crippen molar-refractivity contribution in [1.82, 2.24) is 8.75 Å². The molecule has 0 N–H and O–H groups in total. The zero-order chi connectivity index (χ0) is 16.7. The maximum atomic E-state index is 6.65. The van der Waals surface area contributed by atoms with E-state index in [1.807, 2.05) is 12.1 Å². The Kier molecular flexibility index (Phi) is 4.43. The number of hydrogen-bond acceptors (Lipinski definition) is 5. The molecule has 24 heavy (non-hydrogen) atoms. The third kappa shape index (κ3) is 2.90. The number of rotatable bonds is 4. The molecular weight excluding hydrogens is 376 g/mol. The van der Waals surface area contributed by atoms with Gasteiger partial charge in [-0.1, -0.05) is 31.5 Å². The standard InChI is InChI=1S/C18H15ClN2S3/c1-10(2)6-11-7-15(23-9-11)12-8-13(19)16(14-4-3-5-22-14)18-17(12)20-24-21-18/h3-5,7-10H,6H2,1-2H3. The fourth-order valence-corrected chi connectivity index (χ4v) is 5.50. The summed E-state index contributed by atoms with van der Waals surface area (Å²) >= 11 is 11.3. The van der Waals surface area contributed by atoms with Crippen LogP contribution >= 0.6 is 46.0 Å². The SMILES string of the molecule is CC(C)Cc1csc(-c2cc(Cl)c(-c3cccs3)c3nsnc23)c1. The monoisotopic (exact) mass is 390 g/mol. The number of thiophene rings is 2. The number of fused-ring (bicyclic) bond motifs is 1. The van der Waals surface area contributed by atoms with Gasteiger partial charge in [-0.05, 0) is 46.9 Å². The molecule has 0 saturated heterocycles. The lowest BCUT2D eigenvalue weighted by atomic mass is 10.0. The molecule has 0 fully saturated rings. The van der Waals surface area contributed by atoms with Crippen molar-refractivity contribution in [2.75, 3.05) is 0 Å². The quantitative estimate of drug-likeness (QED) is 0.374. The normalized spacial score (nSPS) is 11.7. The van der Waals surface area contributed by atoms with Gasteiger partial charge in [0.25, 0.3) is 0 Å². The van der Waals surface area contributed by atoms with Gasteiger partial charge >= 0.3 is 0 Å². The van der Waals surface area contributed by atoms with Gasteiger partial charge in [-0.2, -0.15) is 8.75 Å². The third-order valence-corrected chi connectivity index (χ3v) is 6.55. The Hall–Kier alpha value is -1.27. The van der Waals surface area contributed by atoms with Crippen molar-refractivity contribution in [3.8, 4) is 20.9 Å². The summed E-state index contributed by atoms with van der Waals surface area (Å²) in [6.45, 7) is 4.49. The van der Waals surface area contributed by atoms with Crippen LogP contribution in [0.4, 0.5) is 0 Å². The lowest BCUT2D eigenvalue weighted by Crippen LogP contribution is -1.91. The molecule has 3 aromatic heterocycles. The summed E-state index contributed by atoms with van der Waals surface area (Å²) < 4.78 is 9.09. The minimum absolute atomic E-state index is 0.651. The van der Waals surface area contributed by atoms with E-state index in [1.165, 1.54) is 22.2 Å². The summed E-state index contributed by atoms with van der Waals surface area (Å²) in [4.78, 5) is 2.35. The van der Waals surface area contributed by atoms with E-state index in [9.17, 15) is 0 Å². The van der Waals surface area contributed by atoms with Gasteiger partial charge in [0.15, 0.2) is 0 Å². The first-order valence-corrected chi connectivity index (χ1v) is 10.6. The Bertz CT molecular complexity index is 983. The van der Waals surface area contributed by atoms with Crippen LogP contribution in [0.3, 0.4) is 0 Å². The number of nitrogens with zero attached hydrogens (tertiary/aromatic N) is 2. The summed E-state index contributed by atoms with van der Waals surface area (Å²) in [6.07, 6.45) is 1.09. The van der Waals surface area contributed by atoms with Crippen LogP contribution in [0.25, 0.3) is 31.9 Å². The van der Waals surface area contributed by atoms with Crippen molar-refractivity contribution in [1.29, 1.82) is 0 Å². The minimum Gasteiger partial charge on any atom is -0.172 e. The summed E-state index contributed by atoms with van der Waals surface area (Å²) in [5.74, 6) is 0.651. The second kappa shape index (κ2) is 6.56. The van der Waals surface area contributed by atoms with E-state index < -0.39 is 0 Å². The number of halogens is 1. The van der Waals surface area contributed by atoms with Gasteiger partial charge in [-0.25, -0.2) is 0 Å². The lowest BCUT2D eigenvalue weighted by Gasteiger charge is -2.06. The Morgan fingerprint density at radius 1 is 1.08 bits per heavy atom. The zero-order valence-electron chi connectivity index (χ0n) is 13.2. The van der Waals surface area contributed by atoms with E-state index in [-0.39, 0.29) is 0 Å². The second-order valence-corrected chi connectivity index (χ2v) is 8.93. The molecule has 0 aliphatic heterocycles. The highest BCUT2D eigenvalue weighted by Crippen LogP contribution is 2.42. The average molecular weight is 391 g/mol. The largest absolute Gasteiger partial charge is 0.172 e. The van der Waals surface area contributed by atoms with Crippen LogP contribution in [-0.2, 0) is 6.42 Å². The molecular formula is C18H15ClN2S3. The molecule has 4 aromatic rings. The third-order valence-electron chi connectivity index (χ3n) is 3.82. The Morgan fingerprint density at radius 2 is 1.92 bits per heavy atom. The van der Waals surface area contributed by atoms with E-state index in [1.54, 1.807) is 22.7 Å². The molecule has 0 unspecified atom stereocenters. The van der Waals surface area contributed by atoms with Gasteiger partial charge in [0, 0.05) is 20.9 Å². The van der Waals surface area contributed by atoms with Gasteiger partial charge in [0.1, 0.15) is 11.0 Å². The first-order valence-electron chi connectivity index (χ1n) is 7.70. The average Bonchev–Trinajstić information content (AvgIpc) is 3.27. The predicted octanol–water partition coefficient (Wildman–Crippen LogP) is 7.00. The van der Waals surface area contributed by atoms with Crippen LogP contribution in [0.2, 0.25) is 5.02 Å². The second-order valence-electron chi connectivity index (χ2n) is 6.14. The molecule has 3 heterocycles. The van der Waals surface area contributed by atoms with Gasteiger partial charge in [-0.15, -0.1) is 22.7 Å². The molecule has 122 valence electrons. The summed E-state index contributed by atoms with van der Waals surface area (Å²) in [5, 5.41) is 5.04. The molecule has 0 aliphatic rings. The highest BCUT2D eigenvalue weighted by atomic mass is 35.5. The zero-order valence-corrected chi connectivity index (χ0v) is 16.5. The van der Waals surface area contributed by atoms with Crippen molar-refractivity contribution in [3.05, 3.63) is 45.6 Å². The van der Waals surface area contributed by atoms with Gasteiger partial charge < -0.3 is 0 Å². The van der Waals surface area contributed by atoms with E-state index in [2.05, 4.69) is 45.5 Å². The van der Waals surface area contributed by atoms with Crippen LogP contribution in [0, 0.1) is 5.92 Å². The molecule has 0 saturated carbocycles. The molecule has 0 amide bonds. The molecule has 1 aromatic carbocycles. The van der Waals surface area contributed by atoms with E-state index in [0.29, 0.717) is 5.92 Å². The molecule has 0 atom stereocenters. The molecule has 0 bridgehead atoms. The van der Waals surface area contributed by atoms with Crippen molar-refractivity contribution >= 4 is 57.0 Å². The first-order chi connectivity index (χ1) is 11.6. The highest BCUT2D eigenvalue weighted by molar-refractivity contribution is 7.14. The van der Waals surface area contributed by atoms with Crippen LogP contribution in [0.1, 0.15) is 19.4 Å². The Balaban J connectivity index is 1.87. The Morgan fingerprint density at radius 3 is 2.67 bits per heavy atom. The number of benzene rings is 1. The van der Waals surface area contributed by atoms with E-state index >= 15 is 0 Å². The van der Waals surface area contributed by atoms with Crippen LogP contribution < -0.4 is 0 Å². The summed E-state index contributed by atoms with van der Waals surface area (Å²) in [6, 6.07) is 8.43. The highest BCUT2D eigenvalue weighted by Gasteiger charge is 2.19. The maximum Gasteiger partial charge on any atom is 0.115 e. The summed E-state index contributed by atoms with van der Waals surface area (Å²) in [5.41, 5.74) is 5.32. The van der Waals surface area contributed by atoms with Crippen LogP contribution in [-0.4, -0.2) is 8.75 Å². The number of hydrogen-bond donors (Lipinski definition) is 0. The van der Waals surface area contributed by atoms with E-state index in [0.717, 1.165) is 38.5 Å². The van der Waals surface area contributed by atoms with Gasteiger partial charge in [0.2, 0.25) is 0 Å². The summed E-state index contributed by atoms with van der Waals surface area (Å²) in [7, 11) is 0. The molecule has 0 spiro atoms. The maximum absolute atomic E-state index is 6.65. The topological polar surface area (TPSA) is 25.8 Å². The molecule has 0 aliphatic carbocycles. The number of aromatic nitrogens is 2. The minimum atomic E-state index is 0.651. The van der Waals surface area contributed by atoms with Crippen molar-refractivity contribution < 1.29 is 0 Å². The van der Waals surface area contributed by atoms with Gasteiger partial charge in [0.05, 0.1) is 16.8 Å². The fraction of sp³-hybridized carbons (Fsp3) is 0.222. The molecule has 4 rings (SSSR count). The van der Waals surface area contributed by atoms with Gasteiger partial charge in [-0.3, -0.25) is 0 Å². The first kappa shape index (κ1) is 16.2. The smallest absolute Gasteiger partial charge is 0.115 e. The van der Waals surface area contributed by atoms with Crippen molar-refractivity contribution in [2.45, 2.75) is 20.3 Å². The lowest BCUT2D eigenvalue weighted by molar-refractivity contribution is 0.649.